The predicted molar refractivity (Wildman–Crippen MR) is 184 cm³/mol. The Morgan fingerprint density at radius 3 is 2.07 bits per heavy atom. The summed E-state index contributed by atoms with van der Waals surface area (Å²) in [5, 5.41) is 6.24. The molecule has 2 heterocycles. The van der Waals surface area contributed by atoms with E-state index in [1.807, 2.05) is 60.8 Å². The molecule has 0 atom stereocenters. The fourth-order valence-electron chi connectivity index (χ4n) is 4.87. The van der Waals surface area contributed by atoms with Gasteiger partial charge in [-0.25, -0.2) is 6.07 Å². The molecule has 5 radical (unpaired) electrons. The van der Waals surface area contributed by atoms with Crippen LogP contribution in [-0.2, 0) is 52.8 Å². The van der Waals surface area contributed by atoms with Gasteiger partial charge in [0.1, 0.15) is 0 Å². The van der Waals surface area contributed by atoms with Crippen molar-refractivity contribution in [2.45, 2.75) is 19.6 Å². The first-order chi connectivity index (χ1) is 20.5. The summed E-state index contributed by atoms with van der Waals surface area (Å²) < 4.78 is 0. The minimum absolute atomic E-state index is 0. The maximum absolute atomic E-state index is 4.52. The second-order valence-corrected chi connectivity index (χ2v) is 16.3. The summed E-state index contributed by atoms with van der Waals surface area (Å²) in [7, 11) is -1.23. The Morgan fingerprint density at radius 1 is 0.578 bits per heavy atom. The zero-order valence-electron chi connectivity index (χ0n) is 25.5. The largest absolute Gasteiger partial charge is 0.352 e. The molecule has 0 N–H and O–H groups in total. The van der Waals surface area contributed by atoms with Gasteiger partial charge in [0.2, 0.25) is 0 Å². The molecular formula is C39H30BIrN2SiY-4. The molecule has 45 heavy (non-hydrogen) atoms. The zero-order chi connectivity index (χ0) is 28.9. The summed E-state index contributed by atoms with van der Waals surface area (Å²) in [5.74, 6) is 0. The molecule has 2 aromatic heterocycles. The molecule has 0 amide bonds. The van der Waals surface area contributed by atoms with E-state index in [0.29, 0.717) is 0 Å². The third kappa shape index (κ3) is 8.82. The Labute approximate surface area is 308 Å². The Morgan fingerprint density at radius 2 is 1.36 bits per heavy atom. The molecule has 0 saturated heterocycles. The molecule has 0 bridgehead atoms. The van der Waals surface area contributed by atoms with Gasteiger partial charge in [-0.3, -0.25) is 23.3 Å². The molecular weight excluding hydrogens is 816 g/mol. The second-order valence-electron chi connectivity index (χ2n) is 11.2. The van der Waals surface area contributed by atoms with Crippen molar-refractivity contribution >= 4 is 43.2 Å². The normalized spacial score (nSPS) is 10.5. The van der Waals surface area contributed by atoms with E-state index in [9.17, 15) is 0 Å². The molecule has 0 unspecified atom stereocenters. The number of aromatic nitrogens is 2. The van der Waals surface area contributed by atoms with E-state index in [-0.39, 0.29) is 61.2 Å². The number of rotatable bonds is 4. The minimum Gasteiger partial charge on any atom is -0.352 e. The van der Waals surface area contributed by atoms with E-state index < -0.39 is 8.07 Å². The van der Waals surface area contributed by atoms with Gasteiger partial charge in [0.15, 0.2) is 0 Å². The average Bonchev–Trinajstić information content (AvgIpc) is 3.05. The van der Waals surface area contributed by atoms with Crippen LogP contribution in [0.2, 0.25) is 19.6 Å². The average molecular weight is 847 g/mol. The van der Waals surface area contributed by atoms with Gasteiger partial charge >= 0.3 is 0 Å². The number of hydrogen-bond donors (Lipinski definition) is 0. The van der Waals surface area contributed by atoms with Crippen molar-refractivity contribution in [3.63, 3.8) is 0 Å². The molecule has 0 aliphatic rings. The van der Waals surface area contributed by atoms with E-state index in [1.165, 1.54) is 21.3 Å². The third-order valence-corrected chi connectivity index (χ3v) is 9.25. The Balaban J connectivity index is 0.000000254. The maximum Gasteiger partial charge on any atom is 0.0795 e. The maximum atomic E-state index is 4.52. The van der Waals surface area contributed by atoms with Crippen molar-refractivity contribution in [1.29, 1.82) is 0 Å². The first-order valence-corrected chi connectivity index (χ1v) is 17.6. The third-order valence-electron chi connectivity index (χ3n) is 7.22. The van der Waals surface area contributed by atoms with Gasteiger partial charge in [0, 0.05) is 73.6 Å². The van der Waals surface area contributed by atoms with Crippen LogP contribution in [0.25, 0.3) is 55.2 Å². The van der Waals surface area contributed by atoms with E-state index in [2.05, 4.69) is 115 Å². The number of pyridine rings is 2. The standard InChI is InChI=1S/C25H14N.C14H16NSi.B.Ir.Y/c1-2-9-23-18(6-1)11-12-21-16-20(13-14-24(21)23)19-7-5-8-22(17-19)25-10-3-4-15-26-25;1-16(2,3)13-9-10-14(15-11-13)12-7-5-4-6-8-12;;;/h1-7,9-15H;4-7,9-11H,1-3H3;;;/q-3;-1;;;. The summed E-state index contributed by atoms with van der Waals surface area (Å²) >= 11 is 0. The van der Waals surface area contributed by atoms with Crippen LogP contribution in [0.4, 0.5) is 0 Å². The van der Waals surface area contributed by atoms with Crippen molar-refractivity contribution in [1.82, 2.24) is 9.97 Å². The van der Waals surface area contributed by atoms with Gasteiger partial charge in [-0.1, -0.05) is 79.3 Å². The monoisotopic (exact) mass is 847 g/mol. The molecule has 0 fully saturated rings. The number of hydrogen-bond acceptors (Lipinski definition) is 2. The van der Waals surface area contributed by atoms with Crippen molar-refractivity contribution in [3.05, 3.63) is 152 Å². The summed E-state index contributed by atoms with van der Waals surface area (Å²) in [4.78, 5) is 8.91. The Bertz CT molecular complexity index is 1960. The Kier molecular flexibility index (Phi) is 13.4. The van der Waals surface area contributed by atoms with Gasteiger partial charge in [-0.05, 0) is 27.7 Å². The zero-order valence-corrected chi connectivity index (χ0v) is 31.7. The number of nitrogens with zero attached hydrogens (tertiary/aromatic N) is 2. The molecule has 0 spiro atoms. The van der Waals surface area contributed by atoms with E-state index in [0.717, 1.165) is 39.0 Å². The smallest absolute Gasteiger partial charge is 0.0795 e. The van der Waals surface area contributed by atoms with E-state index >= 15 is 0 Å². The molecule has 7 aromatic rings. The van der Waals surface area contributed by atoms with Gasteiger partial charge in [0.25, 0.3) is 0 Å². The SMILES string of the molecule is C[Si](C)(C)c1ccc(-c2[c-]cccc2)nc1.[B].[Ir].[Y].[c-]1ccc(-c2[c-]c3ccc4ccccc4c3cc2)[c-]c1-c1ccccn1. The van der Waals surface area contributed by atoms with Crippen LogP contribution in [0.15, 0.2) is 128 Å². The van der Waals surface area contributed by atoms with Crippen LogP contribution in [0, 0.1) is 24.3 Å². The quantitative estimate of drug-likeness (QED) is 0.101. The number of fused-ring (bicyclic) bond motifs is 3. The topological polar surface area (TPSA) is 25.8 Å². The minimum atomic E-state index is -1.23. The molecule has 6 heteroatoms. The molecule has 0 saturated carbocycles. The van der Waals surface area contributed by atoms with Crippen molar-refractivity contribution in [3.8, 4) is 33.6 Å². The van der Waals surface area contributed by atoms with Crippen LogP contribution in [0.5, 0.6) is 0 Å². The van der Waals surface area contributed by atoms with Crippen LogP contribution in [0.3, 0.4) is 0 Å². The second kappa shape index (κ2) is 16.5. The fraction of sp³-hybridized carbons (Fsp3) is 0.0769. The van der Waals surface area contributed by atoms with E-state index in [1.54, 1.807) is 6.20 Å². The molecule has 219 valence electrons. The summed E-state index contributed by atoms with van der Waals surface area (Å²) in [6.07, 6.45) is 3.80. The van der Waals surface area contributed by atoms with E-state index in [4.69, 9.17) is 0 Å². The molecule has 5 aromatic carbocycles. The predicted octanol–water partition coefficient (Wildman–Crippen LogP) is 8.83. The molecule has 7 rings (SSSR count). The van der Waals surface area contributed by atoms with Crippen LogP contribution in [0.1, 0.15) is 0 Å². The fourth-order valence-corrected chi connectivity index (χ4v) is 5.91. The molecule has 0 aliphatic carbocycles. The van der Waals surface area contributed by atoms with Gasteiger partial charge in [-0.15, -0.1) is 71.6 Å². The first-order valence-electron chi connectivity index (χ1n) is 14.1. The molecule has 0 aliphatic heterocycles. The van der Waals surface area contributed by atoms with Crippen LogP contribution < -0.4 is 5.19 Å². The van der Waals surface area contributed by atoms with Crippen molar-refractivity contribution < 1.29 is 52.8 Å². The van der Waals surface area contributed by atoms with Crippen molar-refractivity contribution in [2.75, 3.05) is 0 Å². The summed E-state index contributed by atoms with van der Waals surface area (Å²) in [6, 6.07) is 52.5. The van der Waals surface area contributed by atoms with Gasteiger partial charge in [-0.2, -0.15) is 5.56 Å². The van der Waals surface area contributed by atoms with Gasteiger partial charge in [0.05, 0.1) is 8.07 Å². The van der Waals surface area contributed by atoms with Crippen LogP contribution in [-0.4, -0.2) is 26.5 Å². The van der Waals surface area contributed by atoms with Crippen molar-refractivity contribution in [2.24, 2.45) is 0 Å². The number of benzene rings is 5. The first kappa shape index (κ1) is 36.4. The Hall–Kier alpha value is -3.04. The summed E-state index contributed by atoms with van der Waals surface area (Å²) in [5.41, 5.74) is 5.84. The van der Waals surface area contributed by atoms with Gasteiger partial charge < -0.3 is 16.0 Å². The summed E-state index contributed by atoms with van der Waals surface area (Å²) in [6.45, 7) is 7.00. The molecule has 2 nitrogen and oxygen atoms in total. The van der Waals surface area contributed by atoms with Crippen LogP contribution >= 0.6 is 0 Å².